The average Bonchev–Trinajstić information content (AvgIpc) is 2.70. The summed E-state index contributed by atoms with van der Waals surface area (Å²) in [6, 6.07) is 1.64. The normalized spacial score (nSPS) is 19.1. The van der Waals surface area contributed by atoms with E-state index in [4.69, 9.17) is 18.6 Å². The Morgan fingerprint density at radius 1 is 1.12 bits per heavy atom. The van der Waals surface area contributed by atoms with E-state index in [1.807, 2.05) is 13.8 Å². The van der Waals surface area contributed by atoms with Crippen molar-refractivity contribution in [3.8, 4) is 11.5 Å². The Morgan fingerprint density at radius 3 is 2.39 bits per heavy atom. The highest BCUT2D eigenvalue weighted by Crippen LogP contribution is 2.42. The second-order valence-corrected chi connectivity index (χ2v) is 10.3. The predicted molar refractivity (Wildman–Crippen MR) is 128 cm³/mol. The van der Waals surface area contributed by atoms with Crippen LogP contribution in [0.4, 0.5) is 0 Å². The van der Waals surface area contributed by atoms with Gasteiger partial charge < -0.3 is 14.0 Å². The van der Waals surface area contributed by atoms with Gasteiger partial charge in [0.15, 0.2) is 0 Å². The molecule has 1 heterocycles. The van der Waals surface area contributed by atoms with Crippen LogP contribution in [0, 0.1) is 13.8 Å². The fraction of sp³-hybridized carbons (Fsp3) is 0.560. The van der Waals surface area contributed by atoms with Gasteiger partial charge in [-0.15, -0.1) is 0 Å². The van der Waals surface area contributed by atoms with Crippen molar-refractivity contribution in [3.63, 3.8) is 0 Å². The van der Waals surface area contributed by atoms with Crippen LogP contribution in [0.3, 0.4) is 0 Å². The van der Waals surface area contributed by atoms with E-state index in [-0.39, 0.29) is 17.8 Å². The van der Waals surface area contributed by atoms with Crippen molar-refractivity contribution >= 4 is 16.4 Å². The number of carboxylic acids is 1. The zero-order valence-corrected chi connectivity index (χ0v) is 21.0. The Kier molecular flexibility index (Phi) is 9.14. The zero-order chi connectivity index (χ0) is 24.8. The number of fused-ring (bicyclic) bond motifs is 1. The molecule has 1 unspecified atom stereocenters. The molecule has 1 aromatic carbocycles. The second kappa shape index (κ2) is 11.2. The van der Waals surface area contributed by atoms with Crippen molar-refractivity contribution in [2.75, 3.05) is 0 Å². The topological polar surface area (TPSA) is 110 Å². The number of hydrogen-bond donors (Lipinski definition) is 2. The minimum atomic E-state index is -4.58. The van der Waals surface area contributed by atoms with Crippen LogP contribution < -0.4 is 8.92 Å². The molecule has 7 nitrogen and oxygen atoms in total. The first-order valence-electron chi connectivity index (χ1n) is 11.3. The van der Waals surface area contributed by atoms with Crippen molar-refractivity contribution in [2.45, 2.75) is 91.6 Å². The van der Waals surface area contributed by atoms with Crippen LogP contribution in [-0.4, -0.2) is 29.6 Å². The summed E-state index contributed by atoms with van der Waals surface area (Å²) in [5.41, 5.74) is 4.41. The van der Waals surface area contributed by atoms with Crippen LogP contribution in [0.1, 0.15) is 82.4 Å². The number of carboxylic acid groups (broad SMARTS) is 1. The summed E-state index contributed by atoms with van der Waals surface area (Å²) in [4.78, 5) is 10.6. The van der Waals surface area contributed by atoms with Crippen molar-refractivity contribution in [3.05, 3.63) is 46.1 Å². The van der Waals surface area contributed by atoms with Crippen molar-refractivity contribution in [1.29, 1.82) is 0 Å². The van der Waals surface area contributed by atoms with Crippen LogP contribution in [0.25, 0.3) is 0 Å². The lowest BCUT2D eigenvalue weighted by Gasteiger charge is -2.37. The molecular formula is C25H36O7S. The van der Waals surface area contributed by atoms with Gasteiger partial charge in [0.1, 0.15) is 17.1 Å². The molecule has 33 heavy (non-hydrogen) atoms. The maximum atomic E-state index is 11.1. The fourth-order valence-electron chi connectivity index (χ4n) is 4.01. The van der Waals surface area contributed by atoms with Gasteiger partial charge in [-0.3, -0.25) is 9.35 Å². The maximum absolute atomic E-state index is 11.1. The number of aliphatic carboxylic acids is 1. The number of allylic oxidation sites excluding steroid dienone is 4. The summed E-state index contributed by atoms with van der Waals surface area (Å²) in [6.45, 7) is 9.81. The Hall–Kier alpha value is -2.32. The number of rotatable bonds is 11. The van der Waals surface area contributed by atoms with E-state index >= 15 is 0 Å². The molecule has 0 bridgehead atoms. The van der Waals surface area contributed by atoms with Gasteiger partial charge in [-0.2, -0.15) is 8.42 Å². The molecule has 2 rings (SSSR count). The molecule has 1 aliphatic heterocycles. The maximum Gasteiger partial charge on any atom is 0.446 e. The molecule has 0 aromatic heterocycles. The monoisotopic (exact) mass is 480 g/mol. The molecule has 1 aromatic rings. The molecule has 0 amide bonds. The summed E-state index contributed by atoms with van der Waals surface area (Å²) >= 11 is 0. The highest BCUT2D eigenvalue weighted by Gasteiger charge is 2.33. The van der Waals surface area contributed by atoms with E-state index in [2.05, 4.69) is 26.0 Å². The van der Waals surface area contributed by atoms with Crippen molar-refractivity contribution in [1.82, 2.24) is 0 Å². The van der Waals surface area contributed by atoms with Crippen LogP contribution in [-0.2, 0) is 21.6 Å². The lowest BCUT2D eigenvalue weighted by atomic mass is 9.87. The second-order valence-electron chi connectivity index (χ2n) is 9.25. The molecule has 0 fully saturated rings. The summed E-state index contributed by atoms with van der Waals surface area (Å²) < 4.78 is 42.4. The van der Waals surface area contributed by atoms with Crippen molar-refractivity contribution in [2.24, 2.45) is 0 Å². The third-order valence-corrected chi connectivity index (χ3v) is 6.66. The first kappa shape index (κ1) is 26.9. The Morgan fingerprint density at radius 2 is 1.76 bits per heavy atom. The smallest absolute Gasteiger partial charge is 0.446 e. The summed E-state index contributed by atoms with van der Waals surface area (Å²) in [6.07, 6.45) is 10.3. The fourth-order valence-corrected chi connectivity index (χ4v) is 4.41. The summed E-state index contributed by atoms with van der Waals surface area (Å²) in [5, 5.41) is 8.75. The van der Waals surface area contributed by atoms with Crippen molar-refractivity contribution < 1.29 is 31.8 Å². The van der Waals surface area contributed by atoms with Gasteiger partial charge in [-0.1, -0.05) is 23.3 Å². The molecule has 8 heteroatoms. The zero-order valence-electron chi connectivity index (χ0n) is 20.2. The van der Waals surface area contributed by atoms with Gasteiger partial charge >= 0.3 is 16.4 Å². The first-order chi connectivity index (χ1) is 15.3. The molecule has 1 aliphatic rings. The Labute approximate surface area is 197 Å². The highest BCUT2D eigenvalue weighted by molar-refractivity contribution is 7.81. The van der Waals surface area contributed by atoms with E-state index in [1.54, 1.807) is 13.0 Å². The van der Waals surface area contributed by atoms with E-state index in [0.717, 1.165) is 61.0 Å². The predicted octanol–water partition coefficient (Wildman–Crippen LogP) is 5.89. The third kappa shape index (κ3) is 8.51. The minimum absolute atomic E-state index is 0.131. The van der Waals surface area contributed by atoms with Gasteiger partial charge in [0, 0.05) is 6.42 Å². The number of carbonyl (C=O) groups is 1. The first-order valence-corrected chi connectivity index (χ1v) is 12.7. The van der Waals surface area contributed by atoms with E-state index < -0.39 is 16.4 Å². The van der Waals surface area contributed by atoms with E-state index in [1.165, 1.54) is 5.57 Å². The third-order valence-electron chi connectivity index (χ3n) is 6.27. The number of hydrogen-bond acceptors (Lipinski definition) is 5. The largest absolute Gasteiger partial charge is 0.487 e. The molecule has 2 N–H and O–H groups in total. The molecule has 0 radical (unpaired) electrons. The van der Waals surface area contributed by atoms with E-state index in [9.17, 15) is 13.2 Å². The van der Waals surface area contributed by atoms with E-state index in [0.29, 0.717) is 12.0 Å². The molecule has 0 saturated carbocycles. The summed E-state index contributed by atoms with van der Waals surface area (Å²) in [5.74, 6) is 0.135. The van der Waals surface area contributed by atoms with Crippen LogP contribution in [0.15, 0.2) is 29.4 Å². The molecule has 1 atom stereocenters. The number of aryl methyl sites for hydroxylation is 1. The van der Waals surface area contributed by atoms with Gasteiger partial charge in [0.25, 0.3) is 0 Å². The van der Waals surface area contributed by atoms with Gasteiger partial charge in [-0.05, 0) is 102 Å². The van der Waals surface area contributed by atoms with Gasteiger partial charge in [0.05, 0.1) is 0 Å². The quantitative estimate of drug-likeness (QED) is 0.300. The Balaban J connectivity index is 1.95. The van der Waals surface area contributed by atoms with Gasteiger partial charge in [-0.25, -0.2) is 0 Å². The molecule has 0 saturated heterocycles. The number of ether oxygens (including phenoxy) is 1. The van der Waals surface area contributed by atoms with Crippen LogP contribution >= 0.6 is 0 Å². The molecule has 0 aliphatic carbocycles. The lowest BCUT2D eigenvalue weighted by molar-refractivity contribution is -0.136. The Bertz CT molecular complexity index is 1040. The molecule has 184 valence electrons. The average molecular weight is 481 g/mol. The highest BCUT2D eigenvalue weighted by atomic mass is 32.3. The van der Waals surface area contributed by atoms with Gasteiger partial charge in [0.2, 0.25) is 0 Å². The minimum Gasteiger partial charge on any atom is -0.487 e. The molecular weight excluding hydrogens is 444 g/mol. The lowest BCUT2D eigenvalue weighted by Crippen LogP contribution is -2.36. The van der Waals surface area contributed by atoms with Crippen LogP contribution in [0.5, 0.6) is 11.5 Å². The molecule has 0 spiro atoms. The summed E-state index contributed by atoms with van der Waals surface area (Å²) in [7, 11) is -4.58. The number of benzene rings is 1. The SMILES string of the molecule is C/C(=C\CCC1(C)CCc2cc(OS(=O)(=O)O)c(C)c(C)c2O1)CC/C=C(\C)CCC(=O)O. The standard InChI is InChI=1S/C25H36O7S/c1-17(8-6-9-18(2)11-12-23(26)27)10-7-14-25(5)15-13-21-16-22(32-33(28,29)30)19(3)20(4)24(21)31-25/h9-10,16H,6-8,11-15H2,1-5H3,(H,26,27)(H,28,29,30)/b17-10+,18-9+. The van der Waals surface area contributed by atoms with Crippen LogP contribution in [0.2, 0.25) is 0 Å².